The highest BCUT2D eigenvalue weighted by molar-refractivity contribution is 5.98. The molecule has 5 N–H and O–H groups in total. The molecular formula is C14H17N5O6. The third kappa shape index (κ3) is 1.97. The summed E-state index contributed by atoms with van der Waals surface area (Å²) in [5.74, 6) is -1.70. The van der Waals surface area contributed by atoms with Gasteiger partial charge in [0.25, 0.3) is 0 Å². The van der Waals surface area contributed by atoms with Crippen LogP contribution in [0.2, 0.25) is 0 Å². The number of hydrogen-bond acceptors (Lipinski definition) is 10. The number of fused-ring (bicyclic) bond motifs is 1. The van der Waals surface area contributed by atoms with Gasteiger partial charge in [-0.1, -0.05) is 0 Å². The minimum absolute atomic E-state index is 0.0195. The Kier molecular flexibility index (Phi) is 3.84. The topological polar surface area (TPSA) is 174 Å². The second kappa shape index (κ2) is 5.52. The first kappa shape index (κ1) is 17.4. The van der Waals surface area contributed by atoms with E-state index in [2.05, 4.69) is 15.0 Å². The maximum absolute atomic E-state index is 12.6. The predicted octanol–water partition coefficient (Wildman–Crippen LogP) is -2.28. The first-order chi connectivity index (χ1) is 11.7. The lowest BCUT2D eigenvalue weighted by Crippen LogP contribution is -2.65. The van der Waals surface area contributed by atoms with Crippen molar-refractivity contribution in [1.29, 1.82) is 0 Å². The third-order valence-electron chi connectivity index (χ3n) is 4.51. The van der Waals surface area contributed by atoms with E-state index in [1.807, 2.05) is 0 Å². The summed E-state index contributed by atoms with van der Waals surface area (Å²) in [7, 11) is 0. The number of Topliss-reactive ketones (excluding diaryl/α,β-unsaturated/α-hetero) is 2. The molecule has 0 aliphatic carbocycles. The number of aromatic nitrogens is 4. The second-order valence-electron chi connectivity index (χ2n) is 5.85. The number of aliphatic hydroxyl groups is 3. The molecule has 4 atom stereocenters. The zero-order valence-corrected chi connectivity index (χ0v) is 13.4. The van der Waals surface area contributed by atoms with Gasteiger partial charge in [-0.05, 0) is 13.8 Å². The summed E-state index contributed by atoms with van der Waals surface area (Å²) in [5, 5.41) is 30.9. The molecule has 3 rings (SSSR count). The van der Waals surface area contributed by atoms with Crippen molar-refractivity contribution in [3.05, 3.63) is 12.7 Å². The molecule has 1 aliphatic heterocycles. The molecule has 11 heteroatoms. The van der Waals surface area contributed by atoms with Gasteiger partial charge in [0, 0.05) is 0 Å². The Hall–Kier alpha value is -2.47. The van der Waals surface area contributed by atoms with Crippen molar-refractivity contribution in [2.24, 2.45) is 0 Å². The summed E-state index contributed by atoms with van der Waals surface area (Å²) in [6.45, 7) is 1.36. The van der Waals surface area contributed by atoms with Crippen LogP contribution in [-0.2, 0) is 20.1 Å². The first-order valence-electron chi connectivity index (χ1n) is 7.37. The number of hydrogen-bond donors (Lipinski definition) is 4. The van der Waals surface area contributed by atoms with Crippen LogP contribution in [0.15, 0.2) is 12.7 Å². The van der Waals surface area contributed by atoms with E-state index in [1.165, 1.54) is 0 Å². The highest BCUT2D eigenvalue weighted by Gasteiger charge is 2.72. The van der Waals surface area contributed by atoms with Gasteiger partial charge in [0.15, 0.2) is 23.0 Å². The molecule has 2 aromatic rings. The Morgan fingerprint density at radius 3 is 2.56 bits per heavy atom. The van der Waals surface area contributed by atoms with E-state index in [0.717, 1.165) is 31.1 Å². The van der Waals surface area contributed by atoms with Crippen LogP contribution in [0, 0.1) is 0 Å². The average Bonchev–Trinajstić information content (AvgIpc) is 3.08. The fourth-order valence-corrected chi connectivity index (χ4v) is 3.27. The zero-order chi connectivity index (χ0) is 18.6. The van der Waals surface area contributed by atoms with Crippen molar-refractivity contribution in [1.82, 2.24) is 19.5 Å². The fraction of sp³-hybridized carbons (Fsp3) is 0.500. The van der Waals surface area contributed by atoms with Crippen LogP contribution in [0.5, 0.6) is 0 Å². The number of aliphatic hydroxyl groups excluding tert-OH is 2. The Labute approximate surface area is 141 Å². The molecule has 0 radical (unpaired) electrons. The highest BCUT2D eigenvalue weighted by atomic mass is 16.6. The largest absolute Gasteiger partial charge is 0.394 e. The second-order valence-corrected chi connectivity index (χ2v) is 5.85. The van der Waals surface area contributed by atoms with E-state index in [1.54, 1.807) is 0 Å². The number of carbonyl (C=O) groups is 2. The van der Waals surface area contributed by atoms with Crippen molar-refractivity contribution >= 4 is 28.5 Å². The Balaban J connectivity index is 2.38. The minimum Gasteiger partial charge on any atom is -0.394 e. The van der Waals surface area contributed by atoms with Gasteiger partial charge in [-0.3, -0.25) is 14.2 Å². The summed E-state index contributed by atoms with van der Waals surface area (Å²) < 4.78 is 6.57. The molecule has 0 bridgehead atoms. The Morgan fingerprint density at radius 2 is 2.00 bits per heavy atom. The molecule has 0 spiro atoms. The quantitative estimate of drug-likeness (QED) is 0.470. The molecule has 11 nitrogen and oxygen atoms in total. The van der Waals surface area contributed by atoms with Crippen molar-refractivity contribution < 1.29 is 29.6 Å². The summed E-state index contributed by atoms with van der Waals surface area (Å²) in [6.07, 6.45) is -1.01. The van der Waals surface area contributed by atoms with Crippen LogP contribution in [0.1, 0.15) is 13.8 Å². The molecule has 3 heterocycles. The predicted molar refractivity (Wildman–Crippen MR) is 82.0 cm³/mol. The molecule has 0 saturated carbocycles. The third-order valence-corrected chi connectivity index (χ3v) is 4.51. The zero-order valence-electron chi connectivity index (χ0n) is 13.4. The van der Waals surface area contributed by atoms with E-state index in [9.17, 15) is 24.9 Å². The van der Waals surface area contributed by atoms with E-state index >= 15 is 0 Å². The fourth-order valence-electron chi connectivity index (χ4n) is 3.27. The summed E-state index contributed by atoms with van der Waals surface area (Å²) in [6, 6.07) is 0. The maximum atomic E-state index is 12.6. The van der Waals surface area contributed by atoms with Gasteiger partial charge in [0.2, 0.25) is 11.3 Å². The van der Waals surface area contributed by atoms with Crippen LogP contribution in [-0.4, -0.2) is 70.8 Å². The maximum Gasteiger partial charge on any atom is 0.246 e. The lowest BCUT2D eigenvalue weighted by atomic mass is 9.80. The van der Waals surface area contributed by atoms with Gasteiger partial charge in [0.05, 0.1) is 6.61 Å². The van der Waals surface area contributed by atoms with Gasteiger partial charge in [-0.2, -0.15) is 0 Å². The Bertz CT molecular complexity index is 869. The SMILES string of the molecule is CC(=O)[C@@]1(O)[C@H](O)[C@@H](CO)O[C@@]1(C(C)=O)n1cnc2c(N)ncnc21. The minimum atomic E-state index is -2.67. The number of nitrogens with zero attached hydrogens (tertiary/aromatic N) is 4. The lowest BCUT2D eigenvalue weighted by Gasteiger charge is -2.38. The van der Waals surface area contributed by atoms with E-state index < -0.39 is 41.7 Å². The van der Waals surface area contributed by atoms with Gasteiger partial charge < -0.3 is 25.8 Å². The number of ketones is 2. The van der Waals surface area contributed by atoms with Crippen LogP contribution in [0.3, 0.4) is 0 Å². The molecule has 1 saturated heterocycles. The number of anilines is 1. The first-order valence-corrected chi connectivity index (χ1v) is 7.37. The summed E-state index contributed by atoms with van der Waals surface area (Å²) >= 11 is 0. The summed E-state index contributed by atoms with van der Waals surface area (Å²) in [5.41, 5.74) is 0.829. The standard InChI is InChI=1S/C14H17N5O6/c1-6(21)13(24)10(23)8(3-20)25-14(13,7(2)22)19-5-18-9-11(15)16-4-17-12(9)19/h4-5,8,10,20,23-24H,3H2,1-2H3,(H2,15,16,17)/t8-,10-,13-,14-/m1/s1. The normalized spacial score (nSPS) is 32.2. The molecule has 25 heavy (non-hydrogen) atoms. The summed E-state index contributed by atoms with van der Waals surface area (Å²) in [4.78, 5) is 36.6. The van der Waals surface area contributed by atoms with Gasteiger partial charge in [-0.25, -0.2) is 15.0 Å². The molecule has 134 valence electrons. The number of nitrogen functional groups attached to an aromatic ring is 1. The monoisotopic (exact) mass is 351 g/mol. The van der Waals surface area contributed by atoms with Crippen LogP contribution >= 0.6 is 0 Å². The van der Waals surface area contributed by atoms with E-state index in [4.69, 9.17) is 10.5 Å². The number of imidazole rings is 1. The molecule has 0 unspecified atom stereocenters. The molecular weight excluding hydrogens is 334 g/mol. The average molecular weight is 351 g/mol. The van der Waals surface area contributed by atoms with E-state index in [0.29, 0.717) is 0 Å². The van der Waals surface area contributed by atoms with Crippen molar-refractivity contribution in [2.75, 3.05) is 12.3 Å². The number of ether oxygens (including phenoxy) is 1. The highest BCUT2D eigenvalue weighted by Crippen LogP contribution is 2.46. The number of carbonyl (C=O) groups excluding carboxylic acids is 2. The van der Waals surface area contributed by atoms with Crippen molar-refractivity contribution in [2.45, 2.75) is 37.4 Å². The molecule has 0 amide bonds. The number of rotatable bonds is 4. The van der Waals surface area contributed by atoms with Gasteiger partial charge in [0.1, 0.15) is 30.4 Å². The molecule has 1 aliphatic rings. The van der Waals surface area contributed by atoms with Crippen LogP contribution in [0.4, 0.5) is 5.82 Å². The Morgan fingerprint density at radius 1 is 1.32 bits per heavy atom. The van der Waals surface area contributed by atoms with Crippen LogP contribution < -0.4 is 5.73 Å². The van der Waals surface area contributed by atoms with Crippen LogP contribution in [0.25, 0.3) is 11.2 Å². The smallest absolute Gasteiger partial charge is 0.246 e. The number of nitrogens with two attached hydrogens (primary N) is 1. The van der Waals surface area contributed by atoms with E-state index in [-0.39, 0.29) is 17.0 Å². The molecule has 1 fully saturated rings. The van der Waals surface area contributed by atoms with Gasteiger partial charge in [-0.15, -0.1) is 0 Å². The van der Waals surface area contributed by atoms with Crippen molar-refractivity contribution in [3.63, 3.8) is 0 Å². The molecule has 0 aromatic carbocycles. The van der Waals surface area contributed by atoms with Crippen molar-refractivity contribution in [3.8, 4) is 0 Å². The lowest BCUT2D eigenvalue weighted by molar-refractivity contribution is -0.199. The van der Waals surface area contributed by atoms with Gasteiger partial charge >= 0.3 is 0 Å². The molecule has 2 aromatic heterocycles.